The van der Waals surface area contributed by atoms with E-state index in [1.54, 1.807) is 0 Å². The monoisotopic (exact) mass is 481 g/mol. The number of aliphatic carboxylic acids is 1. The van der Waals surface area contributed by atoms with Crippen LogP contribution >= 0.6 is 15.9 Å². The van der Waals surface area contributed by atoms with Gasteiger partial charge in [-0.25, -0.2) is 4.79 Å². The van der Waals surface area contributed by atoms with Crippen molar-refractivity contribution in [2.75, 3.05) is 6.54 Å². The van der Waals surface area contributed by atoms with E-state index in [1.807, 2.05) is 45.0 Å². The molecule has 0 bridgehead atoms. The Balaban J connectivity index is 1.79. The maximum absolute atomic E-state index is 12.7. The smallest absolute Gasteiger partial charge is 0.407 e. The standard InChI is InChI=1S/C23H32BrNO5/c1-23(2,3)30-22(29)25-14-15-7-9-17(10-8-15)20(26)13-18(21(27)28)11-16-5-4-6-19(24)12-16/h4-6,12,15,17-18H,7-11,13-14H2,1-3H3,(H,25,29)(H,27,28)/t15?,17?,18-/m1/s1. The number of alkyl carbamates (subject to hydrolysis) is 1. The van der Waals surface area contributed by atoms with Gasteiger partial charge in [-0.2, -0.15) is 0 Å². The van der Waals surface area contributed by atoms with Gasteiger partial charge in [-0.3, -0.25) is 9.59 Å². The van der Waals surface area contributed by atoms with Crippen LogP contribution in [0.3, 0.4) is 0 Å². The third-order valence-corrected chi connectivity index (χ3v) is 5.90. The maximum Gasteiger partial charge on any atom is 0.407 e. The molecule has 6 nitrogen and oxygen atoms in total. The molecule has 0 spiro atoms. The van der Waals surface area contributed by atoms with Gasteiger partial charge in [-0.1, -0.05) is 28.1 Å². The fraction of sp³-hybridized carbons (Fsp3) is 0.609. The van der Waals surface area contributed by atoms with Crippen LogP contribution in [0.25, 0.3) is 0 Å². The van der Waals surface area contributed by atoms with E-state index in [2.05, 4.69) is 21.2 Å². The number of hydrogen-bond acceptors (Lipinski definition) is 4. The van der Waals surface area contributed by atoms with Crippen LogP contribution < -0.4 is 5.32 Å². The lowest BCUT2D eigenvalue weighted by molar-refractivity contribution is -0.144. The highest BCUT2D eigenvalue weighted by atomic mass is 79.9. The molecule has 0 radical (unpaired) electrons. The van der Waals surface area contributed by atoms with Crippen molar-refractivity contribution in [2.45, 2.75) is 64.9 Å². The first-order valence-corrected chi connectivity index (χ1v) is 11.3. The van der Waals surface area contributed by atoms with Crippen LogP contribution in [-0.4, -0.2) is 35.1 Å². The lowest BCUT2D eigenvalue weighted by atomic mass is 9.78. The SMILES string of the molecule is CC(C)(C)OC(=O)NCC1CCC(C(=O)C[C@@H](Cc2cccc(Br)c2)C(=O)O)CC1. The summed E-state index contributed by atoms with van der Waals surface area (Å²) in [5.41, 5.74) is 0.381. The molecule has 1 fully saturated rings. The van der Waals surface area contributed by atoms with E-state index in [4.69, 9.17) is 4.74 Å². The Morgan fingerprint density at radius 3 is 2.43 bits per heavy atom. The van der Waals surface area contributed by atoms with Crippen molar-refractivity contribution in [1.82, 2.24) is 5.32 Å². The molecule has 1 aromatic carbocycles. The number of benzene rings is 1. The van der Waals surface area contributed by atoms with Gasteiger partial charge in [0.25, 0.3) is 0 Å². The number of carboxylic acid groups (broad SMARTS) is 1. The zero-order valence-electron chi connectivity index (χ0n) is 17.9. The summed E-state index contributed by atoms with van der Waals surface area (Å²) in [5, 5.41) is 12.4. The number of nitrogens with one attached hydrogen (secondary N) is 1. The van der Waals surface area contributed by atoms with Crippen molar-refractivity contribution in [3.05, 3.63) is 34.3 Å². The number of ketones is 1. The second-order valence-electron chi connectivity index (χ2n) is 9.14. The summed E-state index contributed by atoms with van der Waals surface area (Å²) in [5.74, 6) is -1.38. The van der Waals surface area contributed by atoms with Gasteiger partial charge >= 0.3 is 12.1 Å². The van der Waals surface area contributed by atoms with Crippen LogP contribution in [0.15, 0.2) is 28.7 Å². The van der Waals surface area contributed by atoms with Crippen molar-refractivity contribution in [2.24, 2.45) is 17.8 Å². The summed E-state index contributed by atoms with van der Waals surface area (Å²) in [4.78, 5) is 36.2. The van der Waals surface area contributed by atoms with Crippen LogP contribution in [-0.2, 0) is 20.7 Å². The van der Waals surface area contributed by atoms with Crippen LogP contribution in [0.5, 0.6) is 0 Å². The molecular weight excluding hydrogens is 450 g/mol. The van der Waals surface area contributed by atoms with Crippen molar-refractivity contribution < 1.29 is 24.2 Å². The maximum atomic E-state index is 12.7. The van der Waals surface area contributed by atoms with Crippen LogP contribution in [0, 0.1) is 17.8 Å². The number of ether oxygens (including phenoxy) is 1. The van der Waals surface area contributed by atoms with Gasteiger partial charge < -0.3 is 15.2 Å². The van der Waals surface area contributed by atoms with E-state index in [9.17, 15) is 19.5 Å². The predicted molar refractivity (Wildman–Crippen MR) is 118 cm³/mol. The van der Waals surface area contributed by atoms with E-state index in [0.29, 0.717) is 18.9 Å². The molecule has 1 saturated carbocycles. The number of amides is 1. The Morgan fingerprint density at radius 2 is 1.87 bits per heavy atom. The third kappa shape index (κ3) is 8.46. The lowest BCUT2D eigenvalue weighted by Gasteiger charge is -2.29. The fourth-order valence-corrected chi connectivity index (χ4v) is 4.28. The highest BCUT2D eigenvalue weighted by Gasteiger charge is 2.30. The first-order chi connectivity index (χ1) is 14.0. The first kappa shape index (κ1) is 24.4. The molecule has 2 rings (SSSR count). The molecule has 1 aromatic rings. The van der Waals surface area contributed by atoms with Gasteiger partial charge in [-0.05, 0) is 76.5 Å². The second-order valence-corrected chi connectivity index (χ2v) is 10.1. The summed E-state index contributed by atoms with van der Waals surface area (Å²) >= 11 is 3.40. The summed E-state index contributed by atoms with van der Waals surface area (Å²) < 4.78 is 6.14. The molecule has 1 amide bonds. The van der Waals surface area contributed by atoms with Crippen LogP contribution in [0.2, 0.25) is 0 Å². The van der Waals surface area contributed by atoms with Gasteiger partial charge in [0.15, 0.2) is 0 Å². The van der Waals surface area contributed by atoms with Crippen molar-refractivity contribution in [3.8, 4) is 0 Å². The molecule has 0 aromatic heterocycles. The topological polar surface area (TPSA) is 92.7 Å². The van der Waals surface area contributed by atoms with E-state index in [-0.39, 0.29) is 18.1 Å². The average Bonchev–Trinajstić information content (AvgIpc) is 2.65. The largest absolute Gasteiger partial charge is 0.481 e. The predicted octanol–water partition coefficient (Wildman–Crippen LogP) is 4.98. The molecule has 1 atom stereocenters. The zero-order valence-corrected chi connectivity index (χ0v) is 19.5. The third-order valence-electron chi connectivity index (χ3n) is 5.40. The number of Topliss-reactive ketones (excluding diaryl/α,β-unsaturated/α-hetero) is 1. The Hall–Kier alpha value is -1.89. The molecule has 0 unspecified atom stereocenters. The summed E-state index contributed by atoms with van der Waals surface area (Å²) in [6.07, 6.45) is 3.15. The zero-order chi connectivity index (χ0) is 22.3. The molecule has 0 saturated heterocycles. The normalized spacial score (nSPS) is 20.3. The number of carboxylic acids is 1. The van der Waals surface area contributed by atoms with Crippen LogP contribution in [0.4, 0.5) is 4.79 Å². The molecule has 1 aliphatic rings. The molecule has 2 N–H and O–H groups in total. The molecule has 0 heterocycles. The molecule has 166 valence electrons. The molecule has 0 aliphatic heterocycles. The number of hydrogen-bond donors (Lipinski definition) is 2. The van der Waals surface area contributed by atoms with Crippen molar-refractivity contribution in [3.63, 3.8) is 0 Å². The van der Waals surface area contributed by atoms with Gasteiger partial charge in [0.1, 0.15) is 11.4 Å². The van der Waals surface area contributed by atoms with E-state index >= 15 is 0 Å². The molecular formula is C23H32BrNO5. The Labute approximate surface area is 186 Å². The Kier molecular flexibility index (Phi) is 8.89. The molecule has 7 heteroatoms. The van der Waals surface area contributed by atoms with Gasteiger partial charge in [-0.15, -0.1) is 0 Å². The number of carbonyl (C=O) groups is 3. The van der Waals surface area contributed by atoms with Gasteiger partial charge in [0, 0.05) is 23.4 Å². The average molecular weight is 482 g/mol. The van der Waals surface area contributed by atoms with E-state index in [0.717, 1.165) is 35.7 Å². The van der Waals surface area contributed by atoms with E-state index < -0.39 is 23.6 Å². The fourth-order valence-electron chi connectivity index (χ4n) is 3.84. The Morgan fingerprint density at radius 1 is 1.20 bits per heavy atom. The number of carbonyl (C=O) groups excluding carboxylic acids is 2. The quantitative estimate of drug-likeness (QED) is 0.545. The van der Waals surface area contributed by atoms with Crippen molar-refractivity contribution >= 4 is 33.8 Å². The minimum atomic E-state index is -0.932. The minimum Gasteiger partial charge on any atom is -0.481 e. The van der Waals surface area contributed by atoms with E-state index in [1.165, 1.54) is 0 Å². The lowest BCUT2D eigenvalue weighted by Crippen LogP contribution is -2.36. The van der Waals surface area contributed by atoms with Gasteiger partial charge in [0.2, 0.25) is 0 Å². The Bertz CT molecular complexity index is 750. The van der Waals surface area contributed by atoms with Crippen LogP contribution in [0.1, 0.15) is 58.4 Å². The highest BCUT2D eigenvalue weighted by molar-refractivity contribution is 9.10. The summed E-state index contributed by atoms with van der Waals surface area (Å²) in [6, 6.07) is 7.53. The summed E-state index contributed by atoms with van der Waals surface area (Å²) in [7, 11) is 0. The highest BCUT2D eigenvalue weighted by Crippen LogP contribution is 2.31. The van der Waals surface area contributed by atoms with Crippen molar-refractivity contribution in [1.29, 1.82) is 0 Å². The van der Waals surface area contributed by atoms with Gasteiger partial charge in [0.05, 0.1) is 5.92 Å². The first-order valence-electron chi connectivity index (χ1n) is 10.5. The molecule has 1 aliphatic carbocycles. The number of halogens is 1. The second kappa shape index (κ2) is 10.9. The summed E-state index contributed by atoms with van der Waals surface area (Å²) in [6.45, 7) is 6.01. The number of rotatable bonds is 8. The molecule has 30 heavy (non-hydrogen) atoms. The minimum absolute atomic E-state index is 0.0379.